The highest BCUT2D eigenvalue weighted by Gasteiger charge is 2.25. The van der Waals surface area contributed by atoms with Crippen LogP contribution in [0.3, 0.4) is 0 Å². The molecule has 2 nitrogen and oxygen atoms in total. The van der Waals surface area contributed by atoms with Gasteiger partial charge in [-0.3, -0.25) is 0 Å². The average Bonchev–Trinajstić information content (AvgIpc) is 2.66. The summed E-state index contributed by atoms with van der Waals surface area (Å²) in [7, 11) is 1.59. The molecule has 0 aromatic heterocycles. The largest absolute Gasteiger partial charge is 0.496 e. The monoisotopic (exact) mass is 237 g/mol. The molecule has 1 aromatic carbocycles. The van der Waals surface area contributed by atoms with Crippen LogP contribution in [0.5, 0.6) is 5.75 Å². The fraction of sp³-hybridized carbons (Fsp3) is 0.571. The molecule has 17 heavy (non-hydrogen) atoms. The van der Waals surface area contributed by atoms with Crippen LogP contribution in [-0.2, 0) is 0 Å². The van der Waals surface area contributed by atoms with E-state index in [4.69, 9.17) is 4.74 Å². The quantitative estimate of drug-likeness (QED) is 0.871. The summed E-state index contributed by atoms with van der Waals surface area (Å²) in [5.74, 6) is 0.644. The lowest BCUT2D eigenvalue weighted by atomic mass is 9.99. The molecule has 0 aliphatic carbocycles. The van der Waals surface area contributed by atoms with Gasteiger partial charge in [0.05, 0.1) is 7.11 Å². The Labute approximate surface area is 102 Å². The molecule has 1 N–H and O–H groups in total. The van der Waals surface area contributed by atoms with Crippen LogP contribution in [0.15, 0.2) is 24.3 Å². The third kappa shape index (κ3) is 2.97. The molecule has 3 heteroatoms. The summed E-state index contributed by atoms with van der Waals surface area (Å²) in [5.41, 5.74) is 0.661. The fourth-order valence-corrected chi connectivity index (χ4v) is 2.42. The van der Waals surface area contributed by atoms with Gasteiger partial charge in [-0.1, -0.05) is 31.0 Å². The smallest absolute Gasteiger partial charge is 0.144 e. The van der Waals surface area contributed by atoms with E-state index in [2.05, 4.69) is 5.32 Å². The lowest BCUT2D eigenvalue weighted by Crippen LogP contribution is -2.32. The van der Waals surface area contributed by atoms with Crippen molar-refractivity contribution < 1.29 is 9.13 Å². The van der Waals surface area contributed by atoms with Gasteiger partial charge >= 0.3 is 0 Å². The van der Waals surface area contributed by atoms with Crippen LogP contribution in [0.1, 0.15) is 37.4 Å². The SMILES string of the molecule is COc1ccccc1C(F)C1CCCCCN1. The van der Waals surface area contributed by atoms with E-state index in [1.54, 1.807) is 7.11 Å². The Kier molecular flexibility index (Phi) is 4.37. The maximum Gasteiger partial charge on any atom is 0.144 e. The normalized spacial score (nSPS) is 22.8. The van der Waals surface area contributed by atoms with Crippen molar-refractivity contribution in [2.75, 3.05) is 13.7 Å². The molecule has 1 saturated heterocycles. The van der Waals surface area contributed by atoms with Gasteiger partial charge in [0, 0.05) is 11.6 Å². The molecule has 1 fully saturated rings. The molecule has 0 bridgehead atoms. The van der Waals surface area contributed by atoms with Crippen molar-refractivity contribution in [2.24, 2.45) is 0 Å². The first-order valence-corrected chi connectivity index (χ1v) is 6.33. The molecule has 0 radical (unpaired) electrons. The Morgan fingerprint density at radius 1 is 1.29 bits per heavy atom. The van der Waals surface area contributed by atoms with Crippen LogP contribution >= 0.6 is 0 Å². The fourth-order valence-electron chi connectivity index (χ4n) is 2.42. The van der Waals surface area contributed by atoms with Crippen molar-refractivity contribution in [1.82, 2.24) is 5.32 Å². The zero-order valence-electron chi connectivity index (χ0n) is 10.3. The Hall–Kier alpha value is -1.09. The van der Waals surface area contributed by atoms with Gasteiger partial charge in [-0.25, -0.2) is 4.39 Å². The third-order valence-electron chi connectivity index (χ3n) is 3.39. The van der Waals surface area contributed by atoms with Crippen LogP contribution in [0.25, 0.3) is 0 Å². The van der Waals surface area contributed by atoms with Crippen molar-refractivity contribution in [1.29, 1.82) is 0 Å². The first-order chi connectivity index (χ1) is 8.33. The van der Waals surface area contributed by atoms with Crippen LogP contribution in [-0.4, -0.2) is 19.7 Å². The second kappa shape index (κ2) is 6.01. The third-order valence-corrected chi connectivity index (χ3v) is 3.39. The maximum atomic E-state index is 14.5. The molecular formula is C14H20FNO. The van der Waals surface area contributed by atoms with Crippen molar-refractivity contribution in [3.05, 3.63) is 29.8 Å². The standard InChI is InChI=1S/C14H20FNO/c1-17-13-9-5-4-7-11(13)14(15)12-8-3-2-6-10-16-12/h4-5,7,9,12,14,16H,2-3,6,8,10H2,1H3. The number of ether oxygens (including phenoxy) is 1. The molecule has 2 unspecified atom stereocenters. The van der Waals surface area contributed by atoms with Gasteiger partial charge in [-0.05, 0) is 25.5 Å². The van der Waals surface area contributed by atoms with Crippen LogP contribution in [0.2, 0.25) is 0 Å². The second-order valence-corrected chi connectivity index (χ2v) is 4.55. The highest BCUT2D eigenvalue weighted by Crippen LogP contribution is 2.32. The zero-order chi connectivity index (χ0) is 12.1. The minimum atomic E-state index is -0.982. The predicted octanol–water partition coefficient (Wildman–Crippen LogP) is 3.24. The lowest BCUT2D eigenvalue weighted by molar-refractivity contribution is 0.241. The number of para-hydroxylation sites is 1. The minimum Gasteiger partial charge on any atom is -0.496 e. The Morgan fingerprint density at radius 2 is 2.12 bits per heavy atom. The van der Waals surface area contributed by atoms with E-state index < -0.39 is 6.17 Å². The second-order valence-electron chi connectivity index (χ2n) is 4.55. The van der Waals surface area contributed by atoms with Crippen molar-refractivity contribution in [3.8, 4) is 5.75 Å². The number of benzene rings is 1. The van der Waals surface area contributed by atoms with Crippen LogP contribution in [0, 0.1) is 0 Å². The summed E-state index contributed by atoms with van der Waals surface area (Å²) < 4.78 is 19.7. The van der Waals surface area contributed by atoms with Gasteiger partial charge < -0.3 is 10.1 Å². The van der Waals surface area contributed by atoms with Crippen molar-refractivity contribution >= 4 is 0 Å². The molecule has 0 amide bonds. The molecule has 94 valence electrons. The number of alkyl halides is 1. The van der Waals surface area contributed by atoms with E-state index in [0.29, 0.717) is 11.3 Å². The number of nitrogens with one attached hydrogen (secondary N) is 1. The predicted molar refractivity (Wildman–Crippen MR) is 67.1 cm³/mol. The van der Waals surface area contributed by atoms with Gasteiger partial charge in [0.15, 0.2) is 0 Å². The Bertz CT molecular complexity index is 348. The number of methoxy groups -OCH3 is 1. The lowest BCUT2D eigenvalue weighted by Gasteiger charge is -2.22. The molecule has 1 aliphatic rings. The molecule has 1 aliphatic heterocycles. The van der Waals surface area contributed by atoms with E-state index in [0.717, 1.165) is 25.8 Å². The number of halogens is 1. The summed E-state index contributed by atoms with van der Waals surface area (Å²) in [5, 5.41) is 3.30. The summed E-state index contributed by atoms with van der Waals surface area (Å²) in [4.78, 5) is 0. The minimum absolute atomic E-state index is 0.0752. The molecular weight excluding hydrogens is 217 g/mol. The van der Waals surface area contributed by atoms with Crippen molar-refractivity contribution in [2.45, 2.75) is 37.9 Å². The summed E-state index contributed by atoms with van der Waals surface area (Å²) in [6.07, 6.45) is 3.37. The Morgan fingerprint density at radius 3 is 2.94 bits per heavy atom. The summed E-state index contributed by atoms with van der Waals surface area (Å²) in [6.45, 7) is 0.917. The maximum absolute atomic E-state index is 14.5. The van der Waals surface area contributed by atoms with Gasteiger partial charge in [-0.2, -0.15) is 0 Å². The van der Waals surface area contributed by atoms with Gasteiger partial charge in [0.2, 0.25) is 0 Å². The Balaban J connectivity index is 2.14. The average molecular weight is 237 g/mol. The highest BCUT2D eigenvalue weighted by molar-refractivity contribution is 5.35. The molecule has 2 rings (SSSR count). The number of hydrogen-bond donors (Lipinski definition) is 1. The summed E-state index contributed by atoms with van der Waals surface area (Å²) >= 11 is 0. The zero-order valence-corrected chi connectivity index (χ0v) is 10.3. The summed E-state index contributed by atoms with van der Waals surface area (Å²) in [6, 6.07) is 7.29. The first kappa shape index (κ1) is 12.4. The van der Waals surface area contributed by atoms with Crippen LogP contribution < -0.4 is 10.1 Å². The van der Waals surface area contributed by atoms with Crippen molar-refractivity contribution in [3.63, 3.8) is 0 Å². The van der Waals surface area contributed by atoms with E-state index >= 15 is 0 Å². The van der Waals surface area contributed by atoms with Gasteiger partial charge in [0.25, 0.3) is 0 Å². The first-order valence-electron chi connectivity index (χ1n) is 6.33. The topological polar surface area (TPSA) is 21.3 Å². The molecule has 0 saturated carbocycles. The van der Waals surface area contributed by atoms with Gasteiger partial charge in [0.1, 0.15) is 11.9 Å². The van der Waals surface area contributed by atoms with Gasteiger partial charge in [-0.15, -0.1) is 0 Å². The highest BCUT2D eigenvalue weighted by atomic mass is 19.1. The number of rotatable bonds is 3. The van der Waals surface area contributed by atoms with E-state index in [1.807, 2.05) is 24.3 Å². The van der Waals surface area contributed by atoms with E-state index in [9.17, 15) is 4.39 Å². The number of hydrogen-bond acceptors (Lipinski definition) is 2. The molecule has 2 atom stereocenters. The van der Waals surface area contributed by atoms with E-state index in [1.165, 1.54) is 6.42 Å². The molecule has 1 heterocycles. The molecule has 1 aromatic rings. The molecule has 0 spiro atoms. The van der Waals surface area contributed by atoms with Crippen LogP contribution in [0.4, 0.5) is 4.39 Å². The van der Waals surface area contributed by atoms with E-state index in [-0.39, 0.29) is 6.04 Å².